The zero-order valence-corrected chi connectivity index (χ0v) is 25.6. The Balaban J connectivity index is 1.42. The Hall–Kier alpha value is -5.33. The van der Waals surface area contributed by atoms with Crippen molar-refractivity contribution < 1.29 is 38.1 Å². The number of hydrogen-bond donors (Lipinski definition) is 0. The van der Waals surface area contributed by atoms with Crippen molar-refractivity contribution in [1.82, 2.24) is 9.13 Å². The van der Waals surface area contributed by atoms with Gasteiger partial charge in [0.15, 0.2) is 18.4 Å². The molecule has 12 heteroatoms. The number of epoxide rings is 1. The number of rotatable bonds is 10. The quantitative estimate of drug-likeness (QED) is 0.144. The summed E-state index contributed by atoms with van der Waals surface area (Å²) in [6.07, 6.45) is -5.20. The van der Waals surface area contributed by atoms with Gasteiger partial charge in [0.1, 0.15) is 12.7 Å². The molecule has 1 unspecified atom stereocenters. The summed E-state index contributed by atoms with van der Waals surface area (Å²) in [6.45, 7) is 1.81. The fraction of sp³-hybridized carbons (Fsp3) is 0.286. The van der Waals surface area contributed by atoms with Gasteiger partial charge in [-0.25, -0.2) is 19.2 Å². The van der Waals surface area contributed by atoms with E-state index in [0.717, 1.165) is 4.57 Å². The van der Waals surface area contributed by atoms with E-state index in [1.807, 2.05) is 6.92 Å². The molecule has 3 aromatic carbocycles. The standard InChI is InChI=1S/C35H32N2O10/c1-35(21-44-35)19-25-18-27(38)36(2)34(42)37(25)30-29(47-33(41)24-16-10-5-11-17-24)28(46-32(40)23-14-8-4-9-15-23)26(45-30)20-43-31(39)22-12-6-3-7-13-22/h3-18,26,28-30H,19-21H2,1-2H3/t26-,28-,29-,30-,35?/m1/s1. The number of carbonyl (C=O) groups excluding carboxylic acids is 3. The molecule has 47 heavy (non-hydrogen) atoms. The second kappa shape index (κ2) is 13.2. The summed E-state index contributed by atoms with van der Waals surface area (Å²) in [7, 11) is 1.31. The molecule has 0 aliphatic carbocycles. The second-order valence-corrected chi connectivity index (χ2v) is 11.6. The Labute approximate surface area is 269 Å². The Kier molecular flexibility index (Phi) is 8.88. The molecular formula is C35H32N2O10. The maximum Gasteiger partial charge on any atom is 0.338 e. The van der Waals surface area contributed by atoms with Crippen molar-refractivity contribution in [3.8, 4) is 0 Å². The maximum absolute atomic E-state index is 13.8. The predicted molar refractivity (Wildman–Crippen MR) is 166 cm³/mol. The number of carbonyl (C=O) groups is 3. The van der Waals surface area contributed by atoms with Gasteiger partial charge in [-0.3, -0.25) is 13.9 Å². The first kappa shape index (κ1) is 31.6. The molecule has 4 aromatic rings. The van der Waals surface area contributed by atoms with Crippen LogP contribution in [0.2, 0.25) is 0 Å². The fourth-order valence-corrected chi connectivity index (χ4v) is 5.37. The van der Waals surface area contributed by atoms with E-state index in [1.165, 1.54) is 17.7 Å². The minimum atomic E-state index is -1.42. The SMILES string of the molecule is Cn1c(=O)cc(CC2(C)CO2)n([C@@H]2O[C@H](COC(=O)c3ccccc3)[C@@H](OC(=O)c3ccccc3)[C@H]2OC(=O)c2ccccc2)c1=O. The van der Waals surface area contributed by atoms with Crippen LogP contribution >= 0.6 is 0 Å². The highest BCUT2D eigenvalue weighted by atomic mass is 16.7. The minimum absolute atomic E-state index is 0.166. The van der Waals surface area contributed by atoms with E-state index >= 15 is 0 Å². The number of esters is 3. The average molecular weight is 641 g/mol. The van der Waals surface area contributed by atoms with Crippen LogP contribution in [-0.4, -0.2) is 64.2 Å². The Morgan fingerprint density at radius 2 is 1.28 bits per heavy atom. The zero-order valence-electron chi connectivity index (χ0n) is 25.6. The van der Waals surface area contributed by atoms with Gasteiger partial charge in [-0.2, -0.15) is 0 Å². The minimum Gasteiger partial charge on any atom is -0.459 e. The molecule has 2 fully saturated rings. The lowest BCUT2D eigenvalue weighted by Gasteiger charge is -2.27. The smallest absolute Gasteiger partial charge is 0.338 e. The summed E-state index contributed by atoms with van der Waals surface area (Å²) in [5.74, 6) is -2.20. The topological polar surface area (TPSA) is 145 Å². The van der Waals surface area contributed by atoms with Crippen molar-refractivity contribution in [2.24, 2.45) is 7.05 Å². The number of nitrogens with zero attached hydrogens (tertiary/aromatic N) is 2. The van der Waals surface area contributed by atoms with Gasteiger partial charge in [-0.15, -0.1) is 0 Å². The average Bonchev–Trinajstić information content (AvgIpc) is 3.74. The zero-order chi connectivity index (χ0) is 33.1. The van der Waals surface area contributed by atoms with E-state index in [2.05, 4.69) is 0 Å². The van der Waals surface area contributed by atoms with Gasteiger partial charge < -0.3 is 23.7 Å². The number of ether oxygens (including phenoxy) is 5. The van der Waals surface area contributed by atoms with Crippen LogP contribution in [0.25, 0.3) is 0 Å². The van der Waals surface area contributed by atoms with Gasteiger partial charge in [0, 0.05) is 25.2 Å². The Bertz CT molecular complexity index is 1880. The molecule has 0 amide bonds. The van der Waals surface area contributed by atoms with Gasteiger partial charge in [0.05, 0.1) is 28.9 Å². The lowest BCUT2D eigenvalue weighted by atomic mass is 10.1. The molecule has 3 heterocycles. The van der Waals surface area contributed by atoms with Crippen molar-refractivity contribution >= 4 is 17.9 Å². The number of hydrogen-bond acceptors (Lipinski definition) is 10. The van der Waals surface area contributed by atoms with E-state index in [1.54, 1.807) is 91.0 Å². The van der Waals surface area contributed by atoms with Crippen molar-refractivity contribution in [3.05, 3.63) is 140 Å². The molecular weight excluding hydrogens is 608 g/mol. The summed E-state index contributed by atoms with van der Waals surface area (Å²) in [5, 5.41) is 0. The summed E-state index contributed by atoms with van der Waals surface area (Å²) in [4.78, 5) is 66.4. The predicted octanol–water partition coefficient (Wildman–Crippen LogP) is 3.08. The second-order valence-electron chi connectivity index (χ2n) is 11.6. The number of benzene rings is 3. The molecule has 242 valence electrons. The van der Waals surface area contributed by atoms with Crippen molar-refractivity contribution in [2.45, 2.75) is 43.5 Å². The molecule has 2 aliphatic heterocycles. The van der Waals surface area contributed by atoms with Gasteiger partial charge in [0.25, 0.3) is 5.56 Å². The fourth-order valence-electron chi connectivity index (χ4n) is 5.37. The molecule has 6 rings (SSSR count). The monoisotopic (exact) mass is 640 g/mol. The molecule has 0 N–H and O–H groups in total. The molecule has 0 radical (unpaired) electrons. The van der Waals surface area contributed by atoms with Crippen LogP contribution in [0, 0.1) is 0 Å². The van der Waals surface area contributed by atoms with E-state index in [0.29, 0.717) is 6.61 Å². The van der Waals surface area contributed by atoms with Gasteiger partial charge >= 0.3 is 23.6 Å². The molecule has 0 bridgehead atoms. The molecule has 5 atom stereocenters. The lowest BCUT2D eigenvalue weighted by Crippen LogP contribution is -2.46. The third-order valence-electron chi connectivity index (χ3n) is 8.05. The molecule has 0 spiro atoms. The summed E-state index contributed by atoms with van der Waals surface area (Å²) < 4.78 is 31.6. The molecule has 1 aromatic heterocycles. The first-order valence-corrected chi connectivity index (χ1v) is 15.0. The Morgan fingerprint density at radius 3 is 1.79 bits per heavy atom. The normalized spacial score (nSPS) is 23.1. The first-order chi connectivity index (χ1) is 22.6. The van der Waals surface area contributed by atoms with Crippen LogP contribution < -0.4 is 11.2 Å². The van der Waals surface area contributed by atoms with Crippen molar-refractivity contribution in [2.75, 3.05) is 13.2 Å². The molecule has 0 saturated carbocycles. The van der Waals surface area contributed by atoms with E-state index in [4.69, 9.17) is 23.7 Å². The summed E-state index contributed by atoms with van der Waals surface area (Å²) >= 11 is 0. The van der Waals surface area contributed by atoms with Crippen molar-refractivity contribution in [1.29, 1.82) is 0 Å². The lowest BCUT2D eigenvalue weighted by molar-refractivity contribution is -0.0657. The summed E-state index contributed by atoms with van der Waals surface area (Å²) in [5.41, 5.74) is -0.980. The first-order valence-electron chi connectivity index (χ1n) is 15.0. The highest BCUT2D eigenvalue weighted by Crippen LogP contribution is 2.37. The van der Waals surface area contributed by atoms with Crippen LogP contribution in [0.5, 0.6) is 0 Å². The summed E-state index contributed by atoms with van der Waals surface area (Å²) in [6, 6.07) is 25.9. The van der Waals surface area contributed by atoms with Crippen LogP contribution in [0.3, 0.4) is 0 Å². The van der Waals surface area contributed by atoms with Gasteiger partial charge in [-0.1, -0.05) is 54.6 Å². The number of aromatic nitrogens is 2. The molecule has 2 aliphatic rings. The molecule has 2 saturated heterocycles. The van der Waals surface area contributed by atoms with Crippen LogP contribution in [0.4, 0.5) is 0 Å². The third-order valence-corrected chi connectivity index (χ3v) is 8.05. The van der Waals surface area contributed by atoms with Crippen LogP contribution in [0.1, 0.15) is 49.9 Å². The highest BCUT2D eigenvalue weighted by molar-refractivity contribution is 5.91. The van der Waals surface area contributed by atoms with E-state index in [-0.39, 0.29) is 28.8 Å². The third kappa shape index (κ3) is 6.93. The Morgan fingerprint density at radius 1 is 0.787 bits per heavy atom. The highest BCUT2D eigenvalue weighted by Gasteiger charge is 2.53. The van der Waals surface area contributed by atoms with E-state index in [9.17, 15) is 24.0 Å². The van der Waals surface area contributed by atoms with Gasteiger partial charge in [0.2, 0.25) is 0 Å². The van der Waals surface area contributed by atoms with Gasteiger partial charge in [-0.05, 0) is 43.3 Å². The van der Waals surface area contributed by atoms with E-state index < -0.39 is 65.9 Å². The largest absolute Gasteiger partial charge is 0.459 e. The van der Waals surface area contributed by atoms with Crippen LogP contribution in [-0.2, 0) is 37.2 Å². The van der Waals surface area contributed by atoms with Crippen LogP contribution in [0.15, 0.2) is 107 Å². The molecule has 12 nitrogen and oxygen atoms in total. The maximum atomic E-state index is 13.8. The van der Waals surface area contributed by atoms with Crippen molar-refractivity contribution in [3.63, 3.8) is 0 Å².